The van der Waals surface area contributed by atoms with Gasteiger partial charge in [-0.15, -0.1) is 12.4 Å². The summed E-state index contributed by atoms with van der Waals surface area (Å²) < 4.78 is 44.1. The van der Waals surface area contributed by atoms with Crippen molar-refractivity contribution in [3.63, 3.8) is 0 Å². The Morgan fingerprint density at radius 2 is 2.00 bits per heavy atom. The molecular formula is C16H22ClF3N2O2. The Kier molecular flexibility index (Phi) is 7.99. The molecule has 1 amide bonds. The van der Waals surface area contributed by atoms with Gasteiger partial charge < -0.3 is 15.0 Å². The van der Waals surface area contributed by atoms with E-state index in [1.165, 1.54) is 12.1 Å². The van der Waals surface area contributed by atoms with Crippen LogP contribution in [-0.2, 0) is 22.3 Å². The Balaban J connectivity index is 0.00000288. The number of methoxy groups -OCH3 is 1. The van der Waals surface area contributed by atoms with E-state index in [1.807, 2.05) is 0 Å². The number of alkyl halides is 3. The first-order valence-corrected chi connectivity index (χ1v) is 7.57. The van der Waals surface area contributed by atoms with E-state index < -0.39 is 11.7 Å². The average molecular weight is 367 g/mol. The van der Waals surface area contributed by atoms with E-state index in [1.54, 1.807) is 18.1 Å². The number of carbonyl (C=O) groups is 1. The van der Waals surface area contributed by atoms with Crippen LogP contribution < -0.4 is 5.32 Å². The maximum Gasteiger partial charge on any atom is 0.416 e. The van der Waals surface area contributed by atoms with Crippen LogP contribution in [0.15, 0.2) is 24.3 Å². The van der Waals surface area contributed by atoms with Crippen molar-refractivity contribution in [1.82, 2.24) is 10.2 Å². The van der Waals surface area contributed by atoms with E-state index in [4.69, 9.17) is 4.74 Å². The first-order valence-electron chi connectivity index (χ1n) is 7.57. The molecule has 1 aromatic carbocycles. The predicted molar refractivity (Wildman–Crippen MR) is 87.0 cm³/mol. The fourth-order valence-corrected chi connectivity index (χ4v) is 2.40. The Hall–Kier alpha value is -1.31. The van der Waals surface area contributed by atoms with Gasteiger partial charge in [0.1, 0.15) is 0 Å². The molecule has 1 aromatic rings. The number of hydrogen-bond acceptors (Lipinski definition) is 3. The lowest BCUT2D eigenvalue weighted by atomic mass is 10.1. The summed E-state index contributed by atoms with van der Waals surface area (Å²) in [5.74, 6) is -0.180. The number of nitrogens with one attached hydrogen (secondary N) is 1. The zero-order chi connectivity index (χ0) is 16.9. The van der Waals surface area contributed by atoms with Crippen molar-refractivity contribution in [2.24, 2.45) is 0 Å². The van der Waals surface area contributed by atoms with Crippen molar-refractivity contribution in [3.05, 3.63) is 35.4 Å². The molecule has 1 fully saturated rings. The van der Waals surface area contributed by atoms with E-state index >= 15 is 0 Å². The van der Waals surface area contributed by atoms with Crippen LogP contribution in [0.5, 0.6) is 0 Å². The molecule has 0 saturated heterocycles. The Bertz CT molecular complexity index is 536. The number of rotatable bonds is 8. The first kappa shape index (κ1) is 20.7. The molecule has 1 aliphatic rings. The van der Waals surface area contributed by atoms with Crippen molar-refractivity contribution in [2.75, 3.05) is 26.8 Å². The number of halogens is 4. The van der Waals surface area contributed by atoms with Gasteiger partial charge in [-0.25, -0.2) is 0 Å². The quantitative estimate of drug-likeness (QED) is 0.719. The van der Waals surface area contributed by atoms with Gasteiger partial charge in [-0.3, -0.25) is 4.79 Å². The molecule has 1 aliphatic carbocycles. The van der Waals surface area contributed by atoms with Gasteiger partial charge in [-0.05, 0) is 24.5 Å². The molecular weight excluding hydrogens is 345 g/mol. The summed E-state index contributed by atoms with van der Waals surface area (Å²) in [5.41, 5.74) is -0.539. The molecule has 24 heavy (non-hydrogen) atoms. The summed E-state index contributed by atoms with van der Waals surface area (Å²) in [7, 11) is 1.56. The van der Waals surface area contributed by atoms with Crippen LogP contribution in [0.4, 0.5) is 13.2 Å². The highest BCUT2D eigenvalue weighted by Crippen LogP contribution is 2.34. The highest BCUT2D eigenvalue weighted by Gasteiger charge is 2.36. The Morgan fingerprint density at radius 3 is 2.58 bits per heavy atom. The summed E-state index contributed by atoms with van der Waals surface area (Å²) in [6, 6.07) is 5.47. The summed E-state index contributed by atoms with van der Waals surface area (Å²) in [4.78, 5) is 13.8. The Labute approximate surface area is 145 Å². The second-order valence-electron chi connectivity index (χ2n) is 5.58. The first-order chi connectivity index (χ1) is 10.9. The minimum Gasteiger partial charge on any atom is -0.383 e. The number of amides is 1. The number of benzene rings is 1. The molecule has 0 radical (unpaired) electrons. The van der Waals surface area contributed by atoms with Gasteiger partial charge in [-0.1, -0.05) is 18.2 Å². The van der Waals surface area contributed by atoms with E-state index in [-0.39, 0.29) is 43.0 Å². The molecule has 0 aromatic heterocycles. The molecule has 4 nitrogen and oxygen atoms in total. The van der Waals surface area contributed by atoms with Gasteiger partial charge in [0.25, 0.3) is 0 Å². The van der Waals surface area contributed by atoms with E-state index in [9.17, 15) is 18.0 Å². The molecule has 0 spiro atoms. The number of carbonyl (C=O) groups excluding carboxylic acids is 1. The van der Waals surface area contributed by atoms with Crippen LogP contribution in [0.3, 0.4) is 0 Å². The molecule has 1 saturated carbocycles. The smallest absolute Gasteiger partial charge is 0.383 e. The molecule has 0 bridgehead atoms. The molecule has 0 aliphatic heterocycles. The van der Waals surface area contributed by atoms with Gasteiger partial charge >= 0.3 is 6.18 Å². The third kappa shape index (κ3) is 5.96. The third-order valence-electron chi connectivity index (χ3n) is 3.73. The van der Waals surface area contributed by atoms with Crippen LogP contribution in [0.2, 0.25) is 0 Å². The van der Waals surface area contributed by atoms with Crippen molar-refractivity contribution in [1.29, 1.82) is 0 Å². The summed E-state index contributed by atoms with van der Waals surface area (Å²) in [6.45, 7) is 1.10. The SMILES string of the molecule is COCCNCC(=O)N(Cc1ccccc1C(F)(F)F)C1CC1.Cl. The zero-order valence-electron chi connectivity index (χ0n) is 13.4. The molecule has 0 heterocycles. The molecule has 136 valence electrons. The van der Waals surface area contributed by atoms with Gasteiger partial charge in [0.15, 0.2) is 0 Å². The van der Waals surface area contributed by atoms with E-state index in [0.717, 1.165) is 18.9 Å². The molecule has 8 heteroatoms. The molecule has 0 atom stereocenters. The monoisotopic (exact) mass is 366 g/mol. The lowest BCUT2D eigenvalue weighted by Gasteiger charge is -2.24. The van der Waals surface area contributed by atoms with Gasteiger partial charge in [-0.2, -0.15) is 13.2 Å². The third-order valence-corrected chi connectivity index (χ3v) is 3.73. The van der Waals surface area contributed by atoms with E-state index in [0.29, 0.717) is 13.2 Å². The zero-order valence-corrected chi connectivity index (χ0v) is 14.3. The Morgan fingerprint density at radius 1 is 1.33 bits per heavy atom. The topological polar surface area (TPSA) is 41.6 Å². The van der Waals surface area contributed by atoms with E-state index in [2.05, 4.69) is 5.32 Å². The lowest BCUT2D eigenvalue weighted by molar-refractivity contribution is -0.140. The number of ether oxygens (including phenoxy) is 1. The van der Waals surface area contributed by atoms with Crippen molar-refractivity contribution < 1.29 is 22.7 Å². The molecule has 0 unspecified atom stereocenters. The van der Waals surface area contributed by atoms with Crippen LogP contribution >= 0.6 is 12.4 Å². The summed E-state index contributed by atoms with van der Waals surface area (Å²) in [6.07, 6.45) is -2.72. The fourth-order valence-electron chi connectivity index (χ4n) is 2.40. The van der Waals surface area contributed by atoms with Gasteiger partial charge in [0.2, 0.25) is 5.91 Å². The minimum atomic E-state index is -4.41. The van der Waals surface area contributed by atoms with Crippen molar-refractivity contribution in [3.8, 4) is 0 Å². The van der Waals surface area contributed by atoms with Crippen LogP contribution in [-0.4, -0.2) is 43.7 Å². The second kappa shape index (κ2) is 9.25. The molecule has 1 N–H and O–H groups in total. The minimum absolute atomic E-state index is 0. The van der Waals surface area contributed by atoms with Crippen molar-refractivity contribution >= 4 is 18.3 Å². The highest BCUT2D eigenvalue weighted by atomic mass is 35.5. The van der Waals surface area contributed by atoms with Crippen LogP contribution in [0, 0.1) is 0 Å². The van der Waals surface area contributed by atoms with Crippen molar-refractivity contribution in [2.45, 2.75) is 31.6 Å². The maximum atomic E-state index is 13.1. The van der Waals surface area contributed by atoms with Crippen LogP contribution in [0.1, 0.15) is 24.0 Å². The average Bonchev–Trinajstić information content (AvgIpc) is 3.33. The maximum absolute atomic E-state index is 13.1. The lowest BCUT2D eigenvalue weighted by Crippen LogP contribution is -2.40. The predicted octanol–water partition coefficient (Wildman–Crippen LogP) is 2.85. The number of hydrogen-bond donors (Lipinski definition) is 1. The highest BCUT2D eigenvalue weighted by molar-refractivity contribution is 5.85. The molecule has 2 rings (SSSR count). The van der Waals surface area contributed by atoms with Gasteiger partial charge in [0, 0.05) is 26.2 Å². The summed E-state index contributed by atoms with van der Waals surface area (Å²) >= 11 is 0. The number of nitrogens with zero attached hydrogens (tertiary/aromatic N) is 1. The second-order valence-corrected chi connectivity index (χ2v) is 5.58. The largest absolute Gasteiger partial charge is 0.416 e. The standard InChI is InChI=1S/C16H21F3N2O2.ClH/c1-23-9-8-20-10-15(22)21(13-6-7-13)11-12-4-2-3-5-14(12)16(17,18)19;/h2-5,13,20H,6-11H2,1H3;1H. The summed E-state index contributed by atoms with van der Waals surface area (Å²) in [5, 5.41) is 2.94. The van der Waals surface area contributed by atoms with Gasteiger partial charge in [0.05, 0.1) is 18.7 Å². The fraction of sp³-hybridized carbons (Fsp3) is 0.562. The normalized spacial score (nSPS) is 14.2. The van der Waals surface area contributed by atoms with Crippen LogP contribution in [0.25, 0.3) is 0 Å².